The van der Waals surface area contributed by atoms with Crippen LogP contribution in [0.2, 0.25) is 0 Å². The lowest BCUT2D eigenvalue weighted by atomic mass is 9.82. The number of nitrogens with zero attached hydrogens (tertiary/aromatic N) is 1. The second-order valence-electron chi connectivity index (χ2n) is 5.67. The van der Waals surface area contributed by atoms with Gasteiger partial charge in [-0.3, -0.25) is 4.79 Å². The van der Waals surface area contributed by atoms with Crippen LogP contribution < -0.4 is 0 Å². The first kappa shape index (κ1) is 15.6. The highest BCUT2D eigenvalue weighted by molar-refractivity contribution is 5.94. The molecule has 1 amide bonds. The molecule has 0 saturated heterocycles. The lowest BCUT2D eigenvalue weighted by Gasteiger charge is -2.34. The third-order valence-corrected chi connectivity index (χ3v) is 3.88. The lowest BCUT2D eigenvalue weighted by molar-refractivity contribution is 0.0265. The maximum atomic E-state index is 12.4. The Morgan fingerprint density at radius 2 is 2.14 bits per heavy atom. The van der Waals surface area contributed by atoms with Gasteiger partial charge in [-0.15, -0.1) is 0 Å². The Balaban J connectivity index is 2.07. The van der Waals surface area contributed by atoms with E-state index in [1.54, 1.807) is 24.1 Å². The molecule has 1 aliphatic rings. The van der Waals surface area contributed by atoms with Crippen molar-refractivity contribution in [1.29, 1.82) is 0 Å². The zero-order valence-electron chi connectivity index (χ0n) is 12.5. The lowest BCUT2D eigenvalue weighted by Crippen LogP contribution is -2.39. The van der Waals surface area contributed by atoms with Crippen molar-refractivity contribution in [2.24, 2.45) is 5.92 Å². The van der Waals surface area contributed by atoms with Gasteiger partial charge in [0.05, 0.1) is 6.10 Å². The molecule has 112 valence electrons. The number of hydrogen-bond acceptors (Lipinski definition) is 3. The quantitative estimate of drug-likeness (QED) is 0.821. The number of carbonyl (C=O) groups excluding carboxylic acids is 1. The van der Waals surface area contributed by atoms with E-state index in [9.17, 15) is 9.90 Å². The summed E-state index contributed by atoms with van der Waals surface area (Å²) in [6.07, 6.45) is 1.36. The molecule has 1 fully saturated rings. The molecule has 4 nitrogen and oxygen atoms in total. The van der Waals surface area contributed by atoms with Crippen LogP contribution in [0, 0.1) is 24.7 Å². The highest BCUT2D eigenvalue weighted by atomic mass is 16.3. The second-order valence-corrected chi connectivity index (χ2v) is 5.67. The Hall–Kier alpha value is -1.83. The van der Waals surface area contributed by atoms with Crippen LogP contribution >= 0.6 is 0 Å². The van der Waals surface area contributed by atoms with Gasteiger partial charge in [0.1, 0.15) is 6.61 Å². The molecule has 2 N–H and O–H groups in total. The van der Waals surface area contributed by atoms with Crippen molar-refractivity contribution < 1.29 is 15.0 Å². The summed E-state index contributed by atoms with van der Waals surface area (Å²) in [6, 6.07) is 5.44. The monoisotopic (exact) mass is 287 g/mol. The maximum Gasteiger partial charge on any atom is 0.253 e. The van der Waals surface area contributed by atoms with E-state index >= 15 is 0 Å². The van der Waals surface area contributed by atoms with E-state index in [-0.39, 0.29) is 18.6 Å². The Labute approximate surface area is 125 Å². The van der Waals surface area contributed by atoms with Crippen molar-refractivity contribution in [2.75, 3.05) is 20.2 Å². The van der Waals surface area contributed by atoms with Crippen LogP contribution in [0.5, 0.6) is 0 Å². The van der Waals surface area contributed by atoms with Gasteiger partial charge in [0, 0.05) is 24.7 Å². The van der Waals surface area contributed by atoms with Gasteiger partial charge in [0.25, 0.3) is 5.91 Å². The molecule has 0 heterocycles. The number of benzene rings is 1. The van der Waals surface area contributed by atoms with Crippen molar-refractivity contribution in [3.63, 3.8) is 0 Å². The highest BCUT2D eigenvalue weighted by Crippen LogP contribution is 2.28. The van der Waals surface area contributed by atoms with E-state index in [4.69, 9.17) is 5.11 Å². The summed E-state index contributed by atoms with van der Waals surface area (Å²) >= 11 is 0. The highest BCUT2D eigenvalue weighted by Gasteiger charge is 2.29. The van der Waals surface area contributed by atoms with E-state index in [1.165, 1.54) is 0 Å². The summed E-state index contributed by atoms with van der Waals surface area (Å²) in [7, 11) is 1.78. The summed E-state index contributed by atoms with van der Waals surface area (Å²) in [5.74, 6) is 5.83. The Morgan fingerprint density at radius 3 is 2.76 bits per heavy atom. The predicted octanol–water partition coefficient (Wildman–Crippen LogP) is 1.18. The van der Waals surface area contributed by atoms with Gasteiger partial charge in [-0.25, -0.2) is 0 Å². The zero-order chi connectivity index (χ0) is 15.4. The molecule has 0 aromatic heterocycles. The Kier molecular flexibility index (Phi) is 5.00. The molecule has 4 heteroatoms. The van der Waals surface area contributed by atoms with E-state index in [0.717, 1.165) is 24.0 Å². The van der Waals surface area contributed by atoms with Gasteiger partial charge >= 0.3 is 0 Å². The molecule has 1 aromatic rings. The average Bonchev–Trinajstić information content (AvgIpc) is 2.44. The van der Waals surface area contributed by atoms with Crippen molar-refractivity contribution in [3.8, 4) is 11.8 Å². The van der Waals surface area contributed by atoms with Gasteiger partial charge in [-0.1, -0.05) is 17.9 Å². The first-order valence-corrected chi connectivity index (χ1v) is 7.15. The summed E-state index contributed by atoms with van der Waals surface area (Å²) in [5.41, 5.74) is 2.35. The molecule has 0 radical (unpaired) electrons. The number of aliphatic hydroxyl groups is 2. The first-order valence-electron chi connectivity index (χ1n) is 7.15. The molecule has 0 unspecified atom stereocenters. The molecule has 21 heavy (non-hydrogen) atoms. The van der Waals surface area contributed by atoms with Crippen LogP contribution in [0.15, 0.2) is 18.2 Å². The molecule has 0 atom stereocenters. The van der Waals surface area contributed by atoms with E-state index in [0.29, 0.717) is 18.0 Å². The fourth-order valence-corrected chi connectivity index (χ4v) is 2.56. The van der Waals surface area contributed by atoms with Gasteiger partial charge in [0.15, 0.2) is 0 Å². The van der Waals surface area contributed by atoms with Crippen molar-refractivity contribution in [3.05, 3.63) is 34.9 Å². The van der Waals surface area contributed by atoms with Gasteiger partial charge < -0.3 is 15.1 Å². The van der Waals surface area contributed by atoms with E-state index < -0.39 is 0 Å². The maximum absolute atomic E-state index is 12.4. The smallest absolute Gasteiger partial charge is 0.253 e. The third-order valence-electron chi connectivity index (χ3n) is 3.88. The van der Waals surface area contributed by atoms with Gasteiger partial charge in [0.2, 0.25) is 0 Å². The number of rotatable bonds is 3. The normalized spacial score (nSPS) is 20.2. The van der Waals surface area contributed by atoms with E-state index in [2.05, 4.69) is 11.8 Å². The number of amides is 1. The van der Waals surface area contributed by atoms with Crippen molar-refractivity contribution >= 4 is 5.91 Å². The number of aliphatic hydroxyl groups excluding tert-OH is 2. The summed E-state index contributed by atoms with van der Waals surface area (Å²) < 4.78 is 0. The zero-order valence-corrected chi connectivity index (χ0v) is 12.5. The van der Waals surface area contributed by atoms with Crippen LogP contribution in [0.25, 0.3) is 0 Å². The summed E-state index contributed by atoms with van der Waals surface area (Å²) in [4.78, 5) is 14.1. The Morgan fingerprint density at radius 1 is 1.43 bits per heavy atom. The van der Waals surface area contributed by atoms with Crippen LogP contribution in [0.4, 0.5) is 0 Å². The summed E-state index contributed by atoms with van der Waals surface area (Å²) in [6.45, 7) is 2.40. The Bertz CT molecular complexity index is 579. The van der Waals surface area contributed by atoms with Gasteiger partial charge in [-0.2, -0.15) is 0 Å². The molecule has 1 aliphatic carbocycles. The van der Waals surface area contributed by atoms with Crippen molar-refractivity contribution in [1.82, 2.24) is 4.90 Å². The fourth-order valence-electron chi connectivity index (χ4n) is 2.56. The molecule has 1 saturated carbocycles. The molecule has 1 aromatic carbocycles. The molecular formula is C17H21NO3. The third kappa shape index (κ3) is 3.84. The average molecular weight is 287 g/mol. The standard InChI is InChI=1S/C17H21NO3/c1-12-5-6-15(10-14(12)4-3-7-19)17(21)18(2)11-13-8-16(20)9-13/h5-6,10,13,16,19-20H,7-9,11H2,1-2H3. The largest absolute Gasteiger partial charge is 0.393 e. The minimum absolute atomic E-state index is 0.0385. The van der Waals surface area contributed by atoms with Gasteiger partial charge in [-0.05, 0) is 43.4 Å². The SMILES string of the molecule is Cc1ccc(C(=O)N(C)CC2CC(O)C2)cc1C#CCO. The topological polar surface area (TPSA) is 60.8 Å². The van der Waals surface area contributed by atoms with Crippen molar-refractivity contribution in [2.45, 2.75) is 25.9 Å². The number of carbonyl (C=O) groups is 1. The minimum atomic E-state index is -0.196. The van der Waals surface area contributed by atoms with Crippen LogP contribution in [0.1, 0.15) is 34.3 Å². The van der Waals surface area contributed by atoms with Crippen LogP contribution in [-0.2, 0) is 0 Å². The predicted molar refractivity (Wildman–Crippen MR) is 80.8 cm³/mol. The van der Waals surface area contributed by atoms with Crippen LogP contribution in [-0.4, -0.2) is 47.3 Å². The number of hydrogen-bond donors (Lipinski definition) is 2. The molecule has 0 spiro atoms. The fraction of sp³-hybridized carbons (Fsp3) is 0.471. The number of aryl methyl sites for hydroxylation is 1. The van der Waals surface area contributed by atoms with E-state index in [1.807, 2.05) is 13.0 Å². The minimum Gasteiger partial charge on any atom is -0.393 e. The van der Waals surface area contributed by atoms with Crippen LogP contribution in [0.3, 0.4) is 0 Å². The molecule has 0 bridgehead atoms. The molecule has 2 rings (SSSR count). The molecule has 0 aliphatic heterocycles. The molecular weight excluding hydrogens is 266 g/mol. The first-order chi connectivity index (χ1) is 10.0. The summed E-state index contributed by atoms with van der Waals surface area (Å²) in [5, 5.41) is 18.1. The second kappa shape index (κ2) is 6.75.